The van der Waals surface area contributed by atoms with Crippen molar-refractivity contribution < 1.29 is 32.3 Å². The summed E-state index contributed by atoms with van der Waals surface area (Å²) in [5.41, 5.74) is 1.11. The highest BCUT2D eigenvalue weighted by atomic mass is 32.2. The Balaban J connectivity index is 1.81. The van der Waals surface area contributed by atoms with Crippen molar-refractivity contribution in [2.45, 2.75) is 51.0 Å². The molecular weight excluding hydrogens is 466 g/mol. The first-order chi connectivity index (χ1) is 15.5. The van der Waals surface area contributed by atoms with Crippen molar-refractivity contribution in [1.82, 2.24) is 0 Å². The molecule has 2 atom stereocenters. The highest BCUT2D eigenvalue weighted by Gasteiger charge is 2.31. The van der Waals surface area contributed by atoms with E-state index in [4.69, 9.17) is 9.47 Å². The Hall–Kier alpha value is -2.72. The molecular formula is C23H27NO7S2. The number of rotatable bonds is 7. The molecule has 178 valence electrons. The molecule has 0 radical (unpaired) electrons. The van der Waals surface area contributed by atoms with Gasteiger partial charge in [-0.2, -0.15) is 0 Å². The van der Waals surface area contributed by atoms with Gasteiger partial charge in [-0.05, 0) is 56.7 Å². The zero-order chi connectivity index (χ0) is 24.3. The quantitative estimate of drug-likeness (QED) is 0.586. The fourth-order valence-corrected chi connectivity index (χ4v) is 5.99. The second kappa shape index (κ2) is 10.0. The number of hydrogen-bond acceptors (Lipinski definition) is 8. The van der Waals surface area contributed by atoms with Crippen LogP contribution in [0.2, 0.25) is 0 Å². The standard InChI is InChI=1S/C23H27NO7S2/c1-5-30-23(27)19-15-11-10-13(2)12-17(15)32-21(19)24-20(25)14(3)31-22(26)16-8-6-7-9-18(16)33(4,28)29/h6-9,13-14H,5,10-12H2,1-4H3,(H,24,25). The second-order valence-electron chi connectivity index (χ2n) is 8.08. The molecule has 0 saturated heterocycles. The van der Waals surface area contributed by atoms with E-state index in [0.717, 1.165) is 36.0 Å². The van der Waals surface area contributed by atoms with Crippen LogP contribution in [-0.4, -0.2) is 45.2 Å². The molecule has 1 N–H and O–H groups in total. The number of amides is 1. The number of hydrogen-bond donors (Lipinski definition) is 1. The number of ether oxygens (including phenoxy) is 2. The van der Waals surface area contributed by atoms with Gasteiger partial charge >= 0.3 is 11.9 Å². The van der Waals surface area contributed by atoms with E-state index < -0.39 is 33.8 Å². The third kappa shape index (κ3) is 5.62. The van der Waals surface area contributed by atoms with Crippen LogP contribution in [0.5, 0.6) is 0 Å². The van der Waals surface area contributed by atoms with Gasteiger partial charge in [0.05, 0.1) is 22.6 Å². The topological polar surface area (TPSA) is 116 Å². The summed E-state index contributed by atoms with van der Waals surface area (Å²) < 4.78 is 34.4. The zero-order valence-electron chi connectivity index (χ0n) is 19.0. The van der Waals surface area contributed by atoms with Gasteiger partial charge in [0.2, 0.25) is 0 Å². The van der Waals surface area contributed by atoms with Gasteiger partial charge in [-0.15, -0.1) is 11.3 Å². The van der Waals surface area contributed by atoms with Crippen molar-refractivity contribution in [2.75, 3.05) is 18.2 Å². The van der Waals surface area contributed by atoms with Crippen molar-refractivity contribution in [2.24, 2.45) is 5.92 Å². The molecule has 1 heterocycles. The monoisotopic (exact) mass is 493 g/mol. The van der Waals surface area contributed by atoms with Crippen LogP contribution in [-0.2, 0) is 36.9 Å². The van der Waals surface area contributed by atoms with Gasteiger partial charge < -0.3 is 14.8 Å². The van der Waals surface area contributed by atoms with Crippen LogP contribution in [0.15, 0.2) is 29.2 Å². The van der Waals surface area contributed by atoms with E-state index in [0.29, 0.717) is 16.5 Å². The van der Waals surface area contributed by atoms with Gasteiger partial charge in [-0.3, -0.25) is 4.79 Å². The average molecular weight is 494 g/mol. The number of thiophene rings is 1. The molecule has 0 spiro atoms. The van der Waals surface area contributed by atoms with Gasteiger partial charge in [-0.25, -0.2) is 18.0 Å². The molecule has 0 aliphatic heterocycles. The number of sulfone groups is 1. The first-order valence-electron chi connectivity index (χ1n) is 10.7. The number of benzene rings is 1. The van der Waals surface area contributed by atoms with Crippen LogP contribution in [0.3, 0.4) is 0 Å². The maximum atomic E-state index is 12.8. The van der Waals surface area contributed by atoms with Crippen LogP contribution >= 0.6 is 11.3 Å². The Morgan fingerprint density at radius 3 is 2.58 bits per heavy atom. The van der Waals surface area contributed by atoms with Crippen LogP contribution in [0.1, 0.15) is 58.3 Å². The van der Waals surface area contributed by atoms with Gasteiger partial charge in [0, 0.05) is 11.1 Å². The third-order valence-corrected chi connectivity index (χ3v) is 7.71. The number of anilines is 1. The number of carbonyl (C=O) groups excluding carboxylic acids is 3. The normalized spacial score (nSPS) is 16.4. The Kier molecular flexibility index (Phi) is 7.58. The summed E-state index contributed by atoms with van der Waals surface area (Å²) in [6.45, 7) is 5.45. The molecule has 1 aliphatic rings. The molecule has 2 aromatic rings. The number of fused-ring (bicyclic) bond motifs is 1. The molecule has 33 heavy (non-hydrogen) atoms. The summed E-state index contributed by atoms with van der Waals surface area (Å²) in [5, 5.41) is 3.08. The van der Waals surface area contributed by atoms with Gasteiger partial charge in [0.25, 0.3) is 5.91 Å². The van der Waals surface area contributed by atoms with E-state index in [-0.39, 0.29) is 17.1 Å². The van der Waals surface area contributed by atoms with E-state index in [1.165, 1.54) is 42.5 Å². The summed E-state index contributed by atoms with van der Waals surface area (Å²) in [7, 11) is -3.66. The first kappa shape index (κ1) is 24.9. The highest BCUT2D eigenvalue weighted by molar-refractivity contribution is 7.90. The summed E-state index contributed by atoms with van der Waals surface area (Å²) >= 11 is 1.33. The van der Waals surface area contributed by atoms with E-state index in [1.807, 2.05) is 0 Å². The lowest BCUT2D eigenvalue weighted by Crippen LogP contribution is -2.30. The lowest BCUT2D eigenvalue weighted by Gasteiger charge is -2.18. The Bertz CT molecular complexity index is 1180. The van der Waals surface area contributed by atoms with E-state index in [9.17, 15) is 22.8 Å². The van der Waals surface area contributed by atoms with E-state index in [1.54, 1.807) is 6.92 Å². The zero-order valence-corrected chi connectivity index (χ0v) is 20.6. The third-order valence-electron chi connectivity index (χ3n) is 5.39. The molecule has 1 aromatic carbocycles. The number of carbonyl (C=O) groups is 3. The molecule has 8 nitrogen and oxygen atoms in total. The highest BCUT2D eigenvalue weighted by Crippen LogP contribution is 2.40. The molecule has 0 fully saturated rings. The summed E-state index contributed by atoms with van der Waals surface area (Å²) in [6.07, 6.45) is 2.25. The van der Waals surface area contributed by atoms with Gasteiger partial charge in [-0.1, -0.05) is 19.1 Å². The Morgan fingerprint density at radius 2 is 1.91 bits per heavy atom. The Labute approximate surface area is 197 Å². The molecule has 10 heteroatoms. The molecule has 0 bridgehead atoms. The van der Waals surface area contributed by atoms with Crippen molar-refractivity contribution in [1.29, 1.82) is 0 Å². The van der Waals surface area contributed by atoms with Crippen LogP contribution < -0.4 is 5.32 Å². The summed E-state index contributed by atoms with van der Waals surface area (Å²) in [5.74, 6) is -1.57. The number of esters is 2. The van der Waals surface area contributed by atoms with E-state index in [2.05, 4.69) is 12.2 Å². The number of nitrogens with one attached hydrogen (secondary N) is 1. The largest absolute Gasteiger partial charge is 0.462 e. The minimum atomic E-state index is -3.66. The van der Waals surface area contributed by atoms with E-state index >= 15 is 0 Å². The van der Waals surface area contributed by atoms with Crippen LogP contribution in [0.4, 0.5) is 5.00 Å². The first-order valence-corrected chi connectivity index (χ1v) is 13.4. The fourth-order valence-electron chi connectivity index (χ4n) is 3.71. The SMILES string of the molecule is CCOC(=O)c1c(NC(=O)C(C)OC(=O)c2ccccc2S(C)(=O)=O)sc2c1CCC(C)C2. The maximum absolute atomic E-state index is 12.8. The van der Waals surface area contributed by atoms with Gasteiger partial charge in [0.1, 0.15) is 5.00 Å². The average Bonchev–Trinajstić information content (AvgIpc) is 3.09. The van der Waals surface area contributed by atoms with Gasteiger partial charge in [0.15, 0.2) is 15.9 Å². The van der Waals surface area contributed by atoms with Crippen LogP contribution in [0, 0.1) is 5.92 Å². The molecule has 3 rings (SSSR count). The predicted molar refractivity (Wildman–Crippen MR) is 125 cm³/mol. The minimum Gasteiger partial charge on any atom is -0.462 e. The molecule has 2 unspecified atom stereocenters. The lowest BCUT2D eigenvalue weighted by atomic mass is 9.88. The second-order valence-corrected chi connectivity index (χ2v) is 11.2. The molecule has 1 aliphatic carbocycles. The summed E-state index contributed by atoms with van der Waals surface area (Å²) in [4.78, 5) is 38.9. The molecule has 1 aromatic heterocycles. The molecule has 1 amide bonds. The Morgan fingerprint density at radius 1 is 1.21 bits per heavy atom. The van der Waals surface area contributed by atoms with Crippen LogP contribution in [0.25, 0.3) is 0 Å². The predicted octanol–water partition coefficient (Wildman–Crippen LogP) is 3.64. The fraction of sp³-hybridized carbons (Fsp3) is 0.435. The summed E-state index contributed by atoms with van der Waals surface area (Å²) in [6, 6.07) is 5.65. The molecule has 0 saturated carbocycles. The lowest BCUT2D eigenvalue weighted by molar-refractivity contribution is -0.123. The van der Waals surface area contributed by atoms with Crippen molar-refractivity contribution in [3.63, 3.8) is 0 Å². The van der Waals surface area contributed by atoms with Crippen molar-refractivity contribution in [3.8, 4) is 0 Å². The smallest absolute Gasteiger partial charge is 0.341 e. The minimum absolute atomic E-state index is 0.146. The van der Waals surface area contributed by atoms with Crippen molar-refractivity contribution >= 4 is 44.0 Å². The maximum Gasteiger partial charge on any atom is 0.341 e. The van der Waals surface area contributed by atoms with Crippen molar-refractivity contribution in [3.05, 3.63) is 45.8 Å².